The first-order valence-electron chi connectivity index (χ1n) is 7.99. The van der Waals surface area contributed by atoms with Crippen LogP contribution in [0.25, 0.3) is 0 Å². The summed E-state index contributed by atoms with van der Waals surface area (Å²) in [7, 11) is 0. The second kappa shape index (κ2) is 6.45. The molecular formula is C15H19F3N4O2. The molecule has 1 aromatic heterocycles. The maximum Gasteiger partial charge on any atom is 0.408 e. The molecule has 132 valence electrons. The van der Waals surface area contributed by atoms with Gasteiger partial charge in [0.2, 0.25) is 11.8 Å². The van der Waals surface area contributed by atoms with Gasteiger partial charge in [-0.05, 0) is 12.3 Å². The lowest BCUT2D eigenvalue weighted by Gasteiger charge is -2.14. The van der Waals surface area contributed by atoms with Gasteiger partial charge in [0.05, 0.1) is 17.8 Å². The summed E-state index contributed by atoms with van der Waals surface area (Å²) in [4.78, 5) is 25.5. The highest BCUT2D eigenvalue weighted by Gasteiger charge is 2.36. The van der Waals surface area contributed by atoms with Crippen LogP contribution in [0.2, 0.25) is 0 Å². The Balaban J connectivity index is 1.55. The molecule has 1 aliphatic heterocycles. The molecule has 0 radical (unpaired) electrons. The number of halogens is 3. The Bertz CT molecular complexity index is 624. The molecule has 0 bridgehead atoms. The van der Waals surface area contributed by atoms with E-state index in [1.54, 1.807) is 0 Å². The number of rotatable bonds is 6. The summed E-state index contributed by atoms with van der Waals surface area (Å²) >= 11 is 0. The Labute approximate surface area is 137 Å². The van der Waals surface area contributed by atoms with E-state index in [1.807, 2.05) is 0 Å². The molecule has 1 N–H and O–H groups in total. The van der Waals surface area contributed by atoms with Crippen molar-refractivity contribution in [1.82, 2.24) is 15.1 Å². The molecule has 6 nitrogen and oxygen atoms in total. The van der Waals surface area contributed by atoms with Crippen LogP contribution in [0.1, 0.15) is 25.7 Å². The first-order valence-corrected chi connectivity index (χ1v) is 7.99. The molecular weight excluding hydrogens is 325 g/mol. The molecule has 0 unspecified atom stereocenters. The molecule has 1 atom stereocenters. The van der Waals surface area contributed by atoms with Gasteiger partial charge >= 0.3 is 6.18 Å². The second-order valence-corrected chi connectivity index (χ2v) is 6.44. The Hall–Kier alpha value is -2.06. The number of alkyl halides is 3. The van der Waals surface area contributed by atoms with Gasteiger partial charge in [-0.2, -0.15) is 18.3 Å². The highest BCUT2D eigenvalue weighted by molar-refractivity contribution is 6.00. The summed E-state index contributed by atoms with van der Waals surface area (Å²) in [6.07, 6.45) is 1.49. The normalized spacial score (nSPS) is 21.4. The predicted octanol–water partition coefficient (Wildman–Crippen LogP) is 1.71. The predicted molar refractivity (Wildman–Crippen MR) is 79.1 cm³/mol. The van der Waals surface area contributed by atoms with Crippen molar-refractivity contribution in [3.05, 3.63) is 12.4 Å². The third-order valence-electron chi connectivity index (χ3n) is 4.32. The number of carbonyl (C=O) groups excluding carboxylic acids is 2. The molecule has 1 saturated carbocycles. The van der Waals surface area contributed by atoms with Gasteiger partial charge in [-0.3, -0.25) is 14.3 Å². The maximum atomic E-state index is 12.4. The van der Waals surface area contributed by atoms with Crippen molar-refractivity contribution >= 4 is 17.5 Å². The zero-order chi connectivity index (χ0) is 17.3. The largest absolute Gasteiger partial charge is 0.408 e. The summed E-state index contributed by atoms with van der Waals surface area (Å²) in [5.41, 5.74) is 0.289. The molecule has 0 spiro atoms. The van der Waals surface area contributed by atoms with E-state index in [2.05, 4.69) is 10.4 Å². The lowest BCUT2D eigenvalue weighted by Crippen LogP contribution is -2.33. The fourth-order valence-electron chi connectivity index (χ4n) is 2.85. The zero-order valence-electron chi connectivity index (χ0n) is 13.1. The molecule has 2 amide bonds. The Morgan fingerprint density at radius 2 is 2.12 bits per heavy atom. The van der Waals surface area contributed by atoms with E-state index in [1.165, 1.54) is 30.1 Å². The van der Waals surface area contributed by atoms with Crippen LogP contribution < -0.4 is 10.2 Å². The highest BCUT2D eigenvalue weighted by atomic mass is 19.4. The third-order valence-corrected chi connectivity index (χ3v) is 4.32. The van der Waals surface area contributed by atoms with Crippen LogP contribution in [-0.4, -0.2) is 40.9 Å². The molecule has 3 rings (SSSR count). The van der Waals surface area contributed by atoms with Crippen molar-refractivity contribution in [3.63, 3.8) is 0 Å². The van der Waals surface area contributed by atoms with Crippen molar-refractivity contribution < 1.29 is 22.8 Å². The SMILES string of the molecule is O=C(NCCC1CC1)[C@H]1CC(=O)N(c2cnn(CC(F)(F)F)c2)C1. The number of nitrogens with zero attached hydrogens (tertiary/aromatic N) is 3. The Morgan fingerprint density at radius 1 is 1.38 bits per heavy atom. The summed E-state index contributed by atoms with van der Waals surface area (Å²) in [5.74, 6) is -0.202. The van der Waals surface area contributed by atoms with Crippen LogP contribution in [0.15, 0.2) is 12.4 Å². The van der Waals surface area contributed by atoms with Gasteiger partial charge in [0.1, 0.15) is 6.54 Å². The average molecular weight is 344 g/mol. The molecule has 2 heterocycles. The van der Waals surface area contributed by atoms with E-state index in [-0.39, 0.29) is 30.5 Å². The summed E-state index contributed by atoms with van der Waals surface area (Å²) in [6.45, 7) is -0.427. The minimum Gasteiger partial charge on any atom is -0.356 e. The van der Waals surface area contributed by atoms with Gasteiger partial charge in [0.25, 0.3) is 0 Å². The molecule has 1 aliphatic carbocycles. The van der Waals surface area contributed by atoms with Gasteiger partial charge in [-0.25, -0.2) is 0 Å². The van der Waals surface area contributed by atoms with E-state index in [0.29, 0.717) is 12.5 Å². The van der Waals surface area contributed by atoms with Crippen molar-refractivity contribution in [3.8, 4) is 0 Å². The smallest absolute Gasteiger partial charge is 0.356 e. The fourth-order valence-corrected chi connectivity index (χ4v) is 2.85. The van der Waals surface area contributed by atoms with Gasteiger partial charge in [-0.15, -0.1) is 0 Å². The molecule has 9 heteroatoms. The van der Waals surface area contributed by atoms with Crippen molar-refractivity contribution in [2.24, 2.45) is 11.8 Å². The van der Waals surface area contributed by atoms with Crippen LogP contribution in [0, 0.1) is 11.8 Å². The van der Waals surface area contributed by atoms with E-state index < -0.39 is 18.6 Å². The monoisotopic (exact) mass is 344 g/mol. The summed E-state index contributed by atoms with van der Waals surface area (Å²) < 4.78 is 37.8. The van der Waals surface area contributed by atoms with E-state index in [0.717, 1.165) is 11.1 Å². The van der Waals surface area contributed by atoms with Gasteiger partial charge < -0.3 is 10.2 Å². The Kier molecular flexibility index (Phi) is 4.51. The number of nitrogens with one attached hydrogen (secondary N) is 1. The lowest BCUT2D eigenvalue weighted by atomic mass is 10.1. The maximum absolute atomic E-state index is 12.4. The number of aromatic nitrogens is 2. The molecule has 2 aliphatic rings. The second-order valence-electron chi connectivity index (χ2n) is 6.44. The van der Waals surface area contributed by atoms with E-state index in [4.69, 9.17) is 0 Å². The van der Waals surface area contributed by atoms with Crippen molar-refractivity contribution in [2.75, 3.05) is 18.0 Å². The third kappa shape index (κ3) is 4.27. The molecule has 2 fully saturated rings. The average Bonchev–Trinajstić information content (AvgIpc) is 3.05. The van der Waals surface area contributed by atoms with Crippen molar-refractivity contribution in [1.29, 1.82) is 0 Å². The first kappa shape index (κ1) is 16.8. The number of anilines is 1. The first-order chi connectivity index (χ1) is 11.3. The van der Waals surface area contributed by atoms with E-state index in [9.17, 15) is 22.8 Å². The van der Waals surface area contributed by atoms with E-state index >= 15 is 0 Å². The highest BCUT2D eigenvalue weighted by Crippen LogP contribution is 2.32. The molecule has 1 saturated heterocycles. The summed E-state index contributed by atoms with van der Waals surface area (Å²) in [5, 5.41) is 6.47. The number of hydrogen-bond donors (Lipinski definition) is 1. The number of hydrogen-bond acceptors (Lipinski definition) is 3. The number of amides is 2. The minimum absolute atomic E-state index is 0.0692. The zero-order valence-corrected chi connectivity index (χ0v) is 13.1. The fraction of sp³-hybridized carbons (Fsp3) is 0.667. The standard InChI is InChI=1S/C15H19F3N4O2/c16-15(17,18)9-21-8-12(6-20-21)22-7-11(5-13(22)23)14(24)19-4-3-10-1-2-10/h6,8,10-11H,1-5,7,9H2,(H,19,24)/t11-/m0/s1. The Morgan fingerprint density at radius 3 is 2.79 bits per heavy atom. The van der Waals surface area contributed by atoms with Crippen LogP contribution in [0.4, 0.5) is 18.9 Å². The van der Waals surface area contributed by atoms with Crippen LogP contribution in [-0.2, 0) is 16.1 Å². The number of carbonyl (C=O) groups is 2. The topological polar surface area (TPSA) is 67.2 Å². The molecule has 24 heavy (non-hydrogen) atoms. The van der Waals surface area contributed by atoms with Crippen molar-refractivity contribution in [2.45, 2.75) is 38.4 Å². The van der Waals surface area contributed by atoms with Crippen LogP contribution in [0.3, 0.4) is 0 Å². The van der Waals surface area contributed by atoms with Crippen LogP contribution >= 0.6 is 0 Å². The van der Waals surface area contributed by atoms with Gasteiger partial charge in [0.15, 0.2) is 0 Å². The molecule has 1 aromatic rings. The lowest BCUT2D eigenvalue weighted by molar-refractivity contribution is -0.142. The summed E-state index contributed by atoms with van der Waals surface area (Å²) in [6, 6.07) is 0. The quantitative estimate of drug-likeness (QED) is 0.854. The van der Waals surface area contributed by atoms with Gasteiger partial charge in [-0.1, -0.05) is 12.8 Å². The molecule has 0 aromatic carbocycles. The minimum atomic E-state index is -4.37. The van der Waals surface area contributed by atoms with Crippen LogP contribution in [0.5, 0.6) is 0 Å². The van der Waals surface area contributed by atoms with Gasteiger partial charge in [0, 0.05) is 25.7 Å².